The van der Waals surface area contributed by atoms with Crippen LogP contribution in [0.25, 0.3) is 10.9 Å². The molecule has 0 spiro atoms. The fourth-order valence-corrected chi connectivity index (χ4v) is 2.47. The van der Waals surface area contributed by atoms with Crippen LogP contribution >= 0.6 is 0 Å². The van der Waals surface area contributed by atoms with Crippen molar-refractivity contribution in [3.63, 3.8) is 0 Å². The molecule has 0 saturated carbocycles. The van der Waals surface area contributed by atoms with Gasteiger partial charge in [-0.2, -0.15) is 5.10 Å². The van der Waals surface area contributed by atoms with Crippen LogP contribution in [0.4, 0.5) is 5.69 Å². The van der Waals surface area contributed by atoms with Crippen LogP contribution in [0, 0.1) is 6.92 Å². The highest BCUT2D eigenvalue weighted by Gasteiger charge is 2.14. The summed E-state index contributed by atoms with van der Waals surface area (Å²) in [5.74, 6) is -1.65. The molecule has 0 aliphatic heterocycles. The number of methoxy groups -OCH3 is 1. The lowest BCUT2D eigenvalue weighted by Crippen LogP contribution is -2.21. The summed E-state index contributed by atoms with van der Waals surface area (Å²) in [5.41, 5.74) is 2.51. The maximum atomic E-state index is 12.1. The molecule has 0 saturated heterocycles. The topological polar surface area (TPSA) is 110 Å². The number of carbonyl (C=O) groups excluding carboxylic acids is 3. The number of benzene rings is 2. The number of aryl methyl sites for hydroxylation is 1. The largest absolute Gasteiger partial charge is 0.465 e. The number of ether oxygens (including phenoxy) is 2. The van der Waals surface area contributed by atoms with E-state index in [1.807, 2.05) is 0 Å². The normalized spacial score (nSPS) is 10.4. The molecule has 2 aromatic carbocycles. The number of aromatic amines is 1. The zero-order valence-electron chi connectivity index (χ0n) is 14.7. The molecule has 0 fully saturated rings. The number of H-pyrrole nitrogens is 1. The monoisotopic (exact) mass is 367 g/mol. The molecular weight excluding hydrogens is 350 g/mol. The van der Waals surface area contributed by atoms with E-state index in [1.165, 1.54) is 13.2 Å². The van der Waals surface area contributed by atoms with Gasteiger partial charge in [-0.3, -0.25) is 9.89 Å². The Labute approximate surface area is 154 Å². The molecule has 0 unspecified atom stereocenters. The van der Waals surface area contributed by atoms with Crippen molar-refractivity contribution >= 4 is 34.4 Å². The van der Waals surface area contributed by atoms with Crippen LogP contribution in [0.5, 0.6) is 0 Å². The molecule has 0 aliphatic rings. The summed E-state index contributed by atoms with van der Waals surface area (Å²) >= 11 is 0. The molecule has 0 aliphatic carbocycles. The second kappa shape index (κ2) is 7.69. The summed E-state index contributed by atoms with van der Waals surface area (Å²) in [7, 11) is 1.28. The first-order chi connectivity index (χ1) is 13.0. The van der Waals surface area contributed by atoms with Gasteiger partial charge in [0.25, 0.3) is 5.91 Å². The Bertz CT molecular complexity index is 1030. The second-order valence-electron chi connectivity index (χ2n) is 5.82. The van der Waals surface area contributed by atoms with Crippen molar-refractivity contribution in [2.24, 2.45) is 0 Å². The molecule has 0 radical (unpaired) electrons. The highest BCUT2D eigenvalue weighted by atomic mass is 16.5. The number of aromatic nitrogens is 2. The van der Waals surface area contributed by atoms with Gasteiger partial charge >= 0.3 is 11.9 Å². The number of anilines is 1. The fourth-order valence-electron chi connectivity index (χ4n) is 2.47. The van der Waals surface area contributed by atoms with Crippen molar-refractivity contribution in [3.8, 4) is 0 Å². The first-order valence-electron chi connectivity index (χ1n) is 8.07. The Morgan fingerprint density at radius 1 is 1.07 bits per heavy atom. The zero-order chi connectivity index (χ0) is 19.4. The van der Waals surface area contributed by atoms with E-state index >= 15 is 0 Å². The standard InChI is InChI=1S/C19H17N3O5/c1-11-3-4-12(18(24)26-2)7-15(11)21-17(23)10-27-19(25)13-5-6-14-9-20-22-16(14)8-13/h3-9H,10H2,1-2H3,(H,20,22)(H,21,23). The quantitative estimate of drug-likeness (QED) is 0.670. The molecule has 1 amide bonds. The second-order valence-corrected chi connectivity index (χ2v) is 5.82. The van der Waals surface area contributed by atoms with E-state index in [1.54, 1.807) is 43.5 Å². The molecule has 0 bridgehead atoms. The lowest BCUT2D eigenvalue weighted by molar-refractivity contribution is -0.119. The maximum Gasteiger partial charge on any atom is 0.338 e. The van der Waals surface area contributed by atoms with Gasteiger partial charge in [0.1, 0.15) is 0 Å². The van der Waals surface area contributed by atoms with E-state index in [2.05, 4.69) is 20.3 Å². The van der Waals surface area contributed by atoms with Crippen LogP contribution in [0.2, 0.25) is 0 Å². The molecule has 27 heavy (non-hydrogen) atoms. The number of esters is 2. The highest BCUT2D eigenvalue weighted by molar-refractivity contribution is 5.98. The predicted molar refractivity (Wildman–Crippen MR) is 97.5 cm³/mol. The van der Waals surface area contributed by atoms with E-state index in [0.29, 0.717) is 22.3 Å². The third kappa shape index (κ3) is 4.12. The number of hydrogen-bond donors (Lipinski definition) is 2. The Kier molecular flexibility index (Phi) is 5.16. The zero-order valence-corrected chi connectivity index (χ0v) is 14.7. The Morgan fingerprint density at radius 2 is 1.81 bits per heavy atom. The minimum atomic E-state index is -0.623. The number of nitrogens with one attached hydrogen (secondary N) is 2. The minimum Gasteiger partial charge on any atom is -0.465 e. The van der Waals surface area contributed by atoms with E-state index in [9.17, 15) is 14.4 Å². The first-order valence-corrected chi connectivity index (χ1v) is 8.07. The van der Waals surface area contributed by atoms with Crippen LogP contribution in [0.3, 0.4) is 0 Å². The third-order valence-corrected chi connectivity index (χ3v) is 3.94. The highest BCUT2D eigenvalue weighted by Crippen LogP contribution is 2.18. The van der Waals surface area contributed by atoms with Gasteiger partial charge in [0.2, 0.25) is 0 Å². The van der Waals surface area contributed by atoms with Gasteiger partial charge in [-0.1, -0.05) is 12.1 Å². The summed E-state index contributed by atoms with van der Waals surface area (Å²) in [6, 6.07) is 9.73. The maximum absolute atomic E-state index is 12.1. The van der Waals surface area contributed by atoms with Crippen molar-refractivity contribution in [1.29, 1.82) is 0 Å². The number of nitrogens with zero attached hydrogens (tertiary/aromatic N) is 1. The molecule has 138 valence electrons. The van der Waals surface area contributed by atoms with Crippen molar-refractivity contribution in [2.75, 3.05) is 19.0 Å². The molecule has 1 heterocycles. The number of carbonyl (C=O) groups is 3. The molecule has 1 aromatic heterocycles. The molecule has 8 heteroatoms. The van der Waals surface area contributed by atoms with Crippen LogP contribution in [0.1, 0.15) is 26.3 Å². The van der Waals surface area contributed by atoms with E-state index in [4.69, 9.17) is 4.74 Å². The molecule has 3 aromatic rings. The van der Waals surface area contributed by atoms with Crippen LogP contribution in [-0.4, -0.2) is 41.8 Å². The van der Waals surface area contributed by atoms with Crippen molar-refractivity contribution < 1.29 is 23.9 Å². The molecule has 0 atom stereocenters. The average Bonchev–Trinajstić information content (AvgIpc) is 3.15. The van der Waals surface area contributed by atoms with Crippen molar-refractivity contribution in [3.05, 3.63) is 59.3 Å². The van der Waals surface area contributed by atoms with E-state index in [-0.39, 0.29) is 0 Å². The Hall–Kier alpha value is -3.68. The first kappa shape index (κ1) is 18.1. The number of rotatable bonds is 5. The van der Waals surface area contributed by atoms with Gasteiger partial charge in [0, 0.05) is 11.1 Å². The summed E-state index contributed by atoms with van der Waals surface area (Å²) in [6.07, 6.45) is 1.64. The SMILES string of the molecule is COC(=O)c1ccc(C)c(NC(=O)COC(=O)c2ccc3cn[nH]c3c2)c1. The minimum absolute atomic E-state index is 0.309. The fraction of sp³-hybridized carbons (Fsp3) is 0.158. The summed E-state index contributed by atoms with van der Waals surface area (Å²) in [6.45, 7) is 1.32. The predicted octanol–water partition coefficient (Wildman–Crippen LogP) is 2.45. The summed E-state index contributed by atoms with van der Waals surface area (Å²) in [5, 5.41) is 10.1. The Balaban J connectivity index is 1.62. The third-order valence-electron chi connectivity index (χ3n) is 3.94. The van der Waals surface area contributed by atoms with Crippen LogP contribution in [-0.2, 0) is 14.3 Å². The molecule has 8 nitrogen and oxygen atoms in total. The number of fused-ring (bicyclic) bond motifs is 1. The van der Waals surface area contributed by atoms with Crippen molar-refractivity contribution in [1.82, 2.24) is 10.2 Å². The van der Waals surface area contributed by atoms with E-state index in [0.717, 1.165) is 10.9 Å². The summed E-state index contributed by atoms with van der Waals surface area (Å²) in [4.78, 5) is 35.8. The smallest absolute Gasteiger partial charge is 0.338 e. The van der Waals surface area contributed by atoms with Crippen LogP contribution in [0.15, 0.2) is 42.6 Å². The van der Waals surface area contributed by atoms with E-state index < -0.39 is 24.5 Å². The lowest BCUT2D eigenvalue weighted by atomic mass is 10.1. The van der Waals surface area contributed by atoms with Gasteiger partial charge in [-0.05, 0) is 36.8 Å². The van der Waals surface area contributed by atoms with Gasteiger partial charge in [0.05, 0.1) is 30.0 Å². The molecule has 3 rings (SSSR count). The van der Waals surface area contributed by atoms with Gasteiger partial charge < -0.3 is 14.8 Å². The number of amides is 1. The van der Waals surface area contributed by atoms with Crippen molar-refractivity contribution in [2.45, 2.75) is 6.92 Å². The van der Waals surface area contributed by atoms with Gasteiger partial charge in [0.15, 0.2) is 6.61 Å². The number of hydrogen-bond acceptors (Lipinski definition) is 6. The lowest BCUT2D eigenvalue weighted by Gasteiger charge is -2.10. The Morgan fingerprint density at radius 3 is 2.59 bits per heavy atom. The molecular formula is C19H17N3O5. The summed E-state index contributed by atoms with van der Waals surface area (Å²) < 4.78 is 9.71. The van der Waals surface area contributed by atoms with Gasteiger partial charge in [-0.15, -0.1) is 0 Å². The van der Waals surface area contributed by atoms with Gasteiger partial charge in [-0.25, -0.2) is 9.59 Å². The molecule has 2 N–H and O–H groups in total. The average molecular weight is 367 g/mol. The van der Waals surface area contributed by atoms with Crippen LogP contribution < -0.4 is 5.32 Å².